The number of aromatic nitrogens is 6. The highest BCUT2D eigenvalue weighted by Crippen LogP contribution is 2.34. The normalized spacial score (nSPS) is 15.1. The zero-order chi connectivity index (χ0) is 27.1. The Hall–Kier alpha value is -4.63. The zero-order valence-electron chi connectivity index (χ0n) is 21.7. The van der Waals surface area contributed by atoms with E-state index in [-0.39, 0.29) is 11.7 Å². The van der Waals surface area contributed by atoms with E-state index in [0.717, 1.165) is 51.6 Å². The third-order valence-electron chi connectivity index (χ3n) is 7.80. The van der Waals surface area contributed by atoms with Crippen molar-refractivity contribution in [3.63, 3.8) is 0 Å². The Kier molecular flexibility index (Phi) is 6.20. The minimum absolute atomic E-state index is 0.266. The Morgan fingerprint density at radius 1 is 0.875 bits per heavy atom. The molecule has 0 aliphatic heterocycles. The van der Waals surface area contributed by atoms with Crippen molar-refractivity contribution >= 4 is 27.6 Å². The van der Waals surface area contributed by atoms with E-state index in [2.05, 4.69) is 36.5 Å². The van der Waals surface area contributed by atoms with Gasteiger partial charge in [0, 0.05) is 34.8 Å². The molecule has 1 atom stereocenters. The maximum atomic E-state index is 13.9. The van der Waals surface area contributed by atoms with Crippen molar-refractivity contribution in [2.24, 2.45) is 5.92 Å². The van der Waals surface area contributed by atoms with Gasteiger partial charge in [0.1, 0.15) is 17.7 Å². The van der Waals surface area contributed by atoms with Gasteiger partial charge in [0.05, 0.1) is 34.6 Å². The van der Waals surface area contributed by atoms with Crippen LogP contribution in [0.5, 0.6) is 0 Å². The van der Waals surface area contributed by atoms with Gasteiger partial charge in [-0.3, -0.25) is 15.1 Å². The summed E-state index contributed by atoms with van der Waals surface area (Å²) in [6, 6.07) is 14.5. The number of benzene rings is 2. The summed E-state index contributed by atoms with van der Waals surface area (Å²) in [7, 11) is 0. The molecule has 1 aliphatic carbocycles. The number of aliphatic hydroxyl groups excluding tert-OH is 1. The number of fused-ring (bicyclic) bond motifs is 2. The summed E-state index contributed by atoms with van der Waals surface area (Å²) in [5, 5.41) is 22.6. The molecule has 4 N–H and O–H groups in total. The lowest BCUT2D eigenvalue weighted by molar-refractivity contribution is 0.109. The lowest BCUT2D eigenvalue weighted by Crippen LogP contribution is -2.30. The number of imidazole rings is 1. The van der Waals surface area contributed by atoms with E-state index in [9.17, 15) is 9.50 Å². The lowest BCUT2D eigenvalue weighted by Gasteiger charge is -2.27. The van der Waals surface area contributed by atoms with Crippen molar-refractivity contribution in [3.05, 3.63) is 79.1 Å². The third-order valence-corrected chi connectivity index (χ3v) is 7.80. The zero-order valence-corrected chi connectivity index (χ0v) is 21.7. The summed E-state index contributed by atoms with van der Waals surface area (Å²) in [5.74, 6) is 0.546. The molecule has 200 valence electrons. The molecule has 7 rings (SSSR count). The number of nitrogens with one attached hydrogen (secondary N) is 3. The molecule has 9 heteroatoms. The van der Waals surface area contributed by atoms with Gasteiger partial charge in [0.2, 0.25) is 0 Å². The van der Waals surface area contributed by atoms with E-state index in [1.165, 1.54) is 31.4 Å². The smallest absolute Gasteiger partial charge is 0.159 e. The van der Waals surface area contributed by atoms with Crippen LogP contribution in [-0.2, 0) is 0 Å². The third kappa shape index (κ3) is 4.58. The number of hydrogen-bond donors (Lipinski definition) is 4. The topological polar surface area (TPSA) is 115 Å². The van der Waals surface area contributed by atoms with Crippen LogP contribution in [0.4, 0.5) is 10.1 Å². The first-order valence-corrected chi connectivity index (χ1v) is 13.6. The standard InChI is InChI=1S/C31H28FN7O/c32-22-8-4-7-20(11-22)25-16-34-17-27-28(25)37-30(36-27)29-24-13-19(9-10-26(24)38-39-29)21-12-23(15-33-14-21)35-31(40)18-5-2-1-3-6-18/h4,7-18,31,35,40H,1-3,5-6H2,(H,36,37)(H,38,39). The number of halogens is 1. The molecule has 1 saturated carbocycles. The monoisotopic (exact) mass is 533 g/mol. The number of pyridine rings is 2. The van der Waals surface area contributed by atoms with Gasteiger partial charge in [-0.1, -0.05) is 37.5 Å². The van der Waals surface area contributed by atoms with Gasteiger partial charge < -0.3 is 15.4 Å². The molecular formula is C31H28FN7O. The van der Waals surface area contributed by atoms with Crippen LogP contribution in [0, 0.1) is 11.7 Å². The summed E-state index contributed by atoms with van der Waals surface area (Å²) in [6.45, 7) is 0. The van der Waals surface area contributed by atoms with E-state index in [1.807, 2.05) is 30.5 Å². The first-order valence-electron chi connectivity index (χ1n) is 13.6. The summed E-state index contributed by atoms with van der Waals surface area (Å²) in [5.41, 5.74) is 7.12. The van der Waals surface area contributed by atoms with Gasteiger partial charge >= 0.3 is 0 Å². The van der Waals surface area contributed by atoms with Gasteiger partial charge in [-0.25, -0.2) is 9.37 Å². The van der Waals surface area contributed by atoms with Crippen LogP contribution in [0.15, 0.2) is 73.3 Å². The first kappa shape index (κ1) is 24.4. The molecule has 4 aromatic heterocycles. The molecule has 0 spiro atoms. The van der Waals surface area contributed by atoms with Crippen molar-refractivity contribution in [1.82, 2.24) is 30.1 Å². The van der Waals surface area contributed by atoms with Crippen molar-refractivity contribution in [1.29, 1.82) is 0 Å². The molecule has 8 nitrogen and oxygen atoms in total. The maximum Gasteiger partial charge on any atom is 0.159 e. The second kappa shape index (κ2) is 10.2. The highest BCUT2D eigenvalue weighted by molar-refractivity contribution is 5.98. The minimum Gasteiger partial charge on any atom is -0.374 e. The fourth-order valence-electron chi connectivity index (χ4n) is 5.70. The molecule has 1 unspecified atom stereocenters. The summed E-state index contributed by atoms with van der Waals surface area (Å²) < 4.78 is 13.9. The number of aliphatic hydroxyl groups is 1. The van der Waals surface area contributed by atoms with Crippen LogP contribution in [0.25, 0.3) is 55.7 Å². The molecule has 1 aliphatic rings. The Bertz CT molecular complexity index is 1820. The van der Waals surface area contributed by atoms with E-state index in [1.54, 1.807) is 24.7 Å². The van der Waals surface area contributed by atoms with Crippen LogP contribution in [0.1, 0.15) is 32.1 Å². The largest absolute Gasteiger partial charge is 0.374 e. The highest BCUT2D eigenvalue weighted by Gasteiger charge is 2.22. The molecule has 40 heavy (non-hydrogen) atoms. The van der Waals surface area contributed by atoms with Gasteiger partial charge in [0.25, 0.3) is 0 Å². The van der Waals surface area contributed by atoms with Crippen LogP contribution >= 0.6 is 0 Å². The second-order valence-electron chi connectivity index (χ2n) is 10.5. The molecular weight excluding hydrogens is 505 g/mol. The molecule has 0 bridgehead atoms. The number of nitrogens with zero attached hydrogens (tertiary/aromatic N) is 4. The number of anilines is 1. The van der Waals surface area contributed by atoms with E-state index >= 15 is 0 Å². The van der Waals surface area contributed by atoms with E-state index in [4.69, 9.17) is 4.98 Å². The molecule has 0 saturated heterocycles. The molecule has 0 radical (unpaired) electrons. The van der Waals surface area contributed by atoms with Crippen LogP contribution in [0.3, 0.4) is 0 Å². The predicted molar refractivity (Wildman–Crippen MR) is 154 cm³/mol. The highest BCUT2D eigenvalue weighted by atomic mass is 19.1. The maximum absolute atomic E-state index is 13.9. The first-order chi connectivity index (χ1) is 19.6. The van der Waals surface area contributed by atoms with E-state index < -0.39 is 6.23 Å². The van der Waals surface area contributed by atoms with Crippen molar-refractivity contribution in [3.8, 4) is 33.8 Å². The molecule has 4 heterocycles. The fraction of sp³-hybridized carbons (Fsp3) is 0.226. The second-order valence-corrected chi connectivity index (χ2v) is 10.5. The Labute approximate surface area is 229 Å². The SMILES string of the molecule is OC(Nc1cncc(-c2ccc3[nH]nc(-c4nc5c(-c6cccc(F)c6)cncc5[nH]4)c3c2)c1)C1CCCCC1. The Morgan fingerprint density at radius 3 is 2.62 bits per heavy atom. The molecule has 0 amide bonds. The van der Waals surface area contributed by atoms with Gasteiger partial charge in [-0.15, -0.1) is 0 Å². The molecule has 1 fully saturated rings. The number of rotatable bonds is 6. The van der Waals surface area contributed by atoms with Gasteiger partial charge in [0.15, 0.2) is 5.82 Å². The lowest BCUT2D eigenvalue weighted by atomic mass is 9.88. The average molecular weight is 534 g/mol. The predicted octanol–water partition coefficient (Wildman–Crippen LogP) is 6.68. The minimum atomic E-state index is -0.583. The van der Waals surface area contributed by atoms with Crippen molar-refractivity contribution in [2.75, 3.05) is 5.32 Å². The Balaban J connectivity index is 1.22. The van der Waals surface area contributed by atoms with Crippen LogP contribution in [0.2, 0.25) is 0 Å². The summed E-state index contributed by atoms with van der Waals surface area (Å²) in [6.07, 6.45) is 12.1. The van der Waals surface area contributed by atoms with Crippen LogP contribution < -0.4 is 5.32 Å². The van der Waals surface area contributed by atoms with E-state index in [0.29, 0.717) is 22.6 Å². The summed E-state index contributed by atoms with van der Waals surface area (Å²) >= 11 is 0. The van der Waals surface area contributed by atoms with Crippen LogP contribution in [-0.4, -0.2) is 41.5 Å². The number of H-pyrrole nitrogens is 2. The van der Waals surface area contributed by atoms with Gasteiger partial charge in [-0.05, 0) is 54.3 Å². The Morgan fingerprint density at radius 2 is 1.75 bits per heavy atom. The molecule has 2 aromatic carbocycles. The molecule has 6 aromatic rings. The van der Waals surface area contributed by atoms with Crippen molar-refractivity contribution in [2.45, 2.75) is 38.3 Å². The summed E-state index contributed by atoms with van der Waals surface area (Å²) in [4.78, 5) is 17.0. The van der Waals surface area contributed by atoms with Crippen molar-refractivity contribution < 1.29 is 9.50 Å². The average Bonchev–Trinajstić information content (AvgIpc) is 3.61. The number of hydrogen-bond acceptors (Lipinski definition) is 6. The number of aromatic amines is 2. The van der Waals surface area contributed by atoms with Gasteiger partial charge in [-0.2, -0.15) is 5.10 Å². The fourth-order valence-corrected chi connectivity index (χ4v) is 5.70. The quantitative estimate of drug-likeness (QED) is 0.178.